The number of amides is 2. The van der Waals surface area contributed by atoms with E-state index in [9.17, 15) is 9.59 Å². The highest BCUT2D eigenvalue weighted by atomic mass is 35.5. The number of nitrogens with zero attached hydrogens (tertiary/aromatic N) is 1. The lowest BCUT2D eigenvalue weighted by molar-refractivity contribution is -0.121. The van der Waals surface area contributed by atoms with Crippen LogP contribution in [0.15, 0.2) is 48.5 Å². The number of nitrogens with one attached hydrogen (secondary N) is 1. The van der Waals surface area contributed by atoms with Crippen LogP contribution < -0.4 is 10.2 Å². The molecule has 4 nitrogen and oxygen atoms in total. The monoisotopic (exact) mass is 372 g/mol. The molecule has 2 aromatic carbocycles. The highest BCUT2D eigenvalue weighted by Gasteiger charge is 2.13. The van der Waals surface area contributed by atoms with E-state index in [0.717, 1.165) is 24.1 Å². The van der Waals surface area contributed by atoms with Crippen LogP contribution in [0, 0.1) is 0 Å². The van der Waals surface area contributed by atoms with Gasteiger partial charge in [-0.2, -0.15) is 0 Å². The van der Waals surface area contributed by atoms with E-state index in [2.05, 4.69) is 12.2 Å². The summed E-state index contributed by atoms with van der Waals surface area (Å²) in [5.41, 5.74) is 3.12. The molecule has 0 radical (unpaired) electrons. The third kappa shape index (κ3) is 6.19. The van der Waals surface area contributed by atoms with Gasteiger partial charge in [-0.25, -0.2) is 0 Å². The standard InChI is InChI=1S/C21H25ClN2O2/c1-3-17-7-9-20(10-8-17)24(16(2)25)14-12-21(26)23-13-11-18-5-4-6-19(22)15-18/h4-10,15H,3,11-14H2,1-2H3,(H,23,26). The Morgan fingerprint density at radius 3 is 2.42 bits per heavy atom. The minimum atomic E-state index is -0.0685. The molecule has 0 bridgehead atoms. The molecule has 2 aromatic rings. The number of hydrogen-bond donors (Lipinski definition) is 1. The third-order valence-electron chi connectivity index (χ3n) is 4.22. The Labute approximate surface area is 160 Å². The number of hydrogen-bond acceptors (Lipinski definition) is 2. The topological polar surface area (TPSA) is 49.4 Å². The van der Waals surface area contributed by atoms with Crippen molar-refractivity contribution in [2.45, 2.75) is 33.1 Å². The summed E-state index contributed by atoms with van der Waals surface area (Å²) in [4.78, 5) is 25.6. The Morgan fingerprint density at radius 1 is 1.08 bits per heavy atom. The normalized spacial score (nSPS) is 10.4. The van der Waals surface area contributed by atoms with Crippen molar-refractivity contribution in [3.8, 4) is 0 Å². The van der Waals surface area contributed by atoms with Crippen molar-refractivity contribution in [2.24, 2.45) is 0 Å². The predicted octanol–water partition coefficient (Wildman–Crippen LogP) is 4.00. The van der Waals surface area contributed by atoms with Gasteiger partial charge in [0, 0.05) is 37.1 Å². The minimum absolute atomic E-state index is 0.0662. The summed E-state index contributed by atoms with van der Waals surface area (Å²) in [6, 6.07) is 15.5. The molecule has 0 aliphatic rings. The van der Waals surface area contributed by atoms with Crippen LogP contribution in [0.25, 0.3) is 0 Å². The summed E-state index contributed by atoms with van der Waals surface area (Å²) in [5.74, 6) is -0.135. The Hall–Kier alpha value is -2.33. The fourth-order valence-electron chi connectivity index (χ4n) is 2.72. The van der Waals surface area contributed by atoms with Crippen molar-refractivity contribution in [1.82, 2.24) is 5.32 Å². The number of benzene rings is 2. The van der Waals surface area contributed by atoms with E-state index in [-0.39, 0.29) is 18.2 Å². The first kappa shape index (κ1) is 20.0. The fraction of sp³-hybridized carbons (Fsp3) is 0.333. The highest BCUT2D eigenvalue weighted by molar-refractivity contribution is 6.30. The van der Waals surface area contributed by atoms with Crippen molar-refractivity contribution in [2.75, 3.05) is 18.0 Å². The molecule has 5 heteroatoms. The molecule has 2 amide bonds. The lowest BCUT2D eigenvalue weighted by Gasteiger charge is -2.21. The minimum Gasteiger partial charge on any atom is -0.356 e. The molecule has 0 heterocycles. The average molecular weight is 373 g/mol. The zero-order valence-electron chi connectivity index (χ0n) is 15.3. The quantitative estimate of drug-likeness (QED) is 0.761. The number of rotatable bonds is 8. The maximum atomic E-state index is 12.1. The van der Waals surface area contributed by atoms with Crippen molar-refractivity contribution in [1.29, 1.82) is 0 Å². The lowest BCUT2D eigenvalue weighted by atomic mass is 10.1. The van der Waals surface area contributed by atoms with E-state index in [1.807, 2.05) is 48.5 Å². The summed E-state index contributed by atoms with van der Waals surface area (Å²) in [6.07, 6.45) is 1.95. The van der Waals surface area contributed by atoms with Gasteiger partial charge in [-0.15, -0.1) is 0 Å². The van der Waals surface area contributed by atoms with Crippen LogP contribution in [-0.4, -0.2) is 24.9 Å². The number of carbonyl (C=O) groups excluding carboxylic acids is 2. The molecule has 0 aliphatic heterocycles. The van der Waals surface area contributed by atoms with Crippen LogP contribution >= 0.6 is 11.6 Å². The van der Waals surface area contributed by atoms with E-state index in [4.69, 9.17) is 11.6 Å². The highest BCUT2D eigenvalue weighted by Crippen LogP contribution is 2.16. The second kappa shape index (κ2) is 9.97. The van der Waals surface area contributed by atoms with Crippen LogP contribution in [0.5, 0.6) is 0 Å². The van der Waals surface area contributed by atoms with Crippen molar-refractivity contribution in [3.63, 3.8) is 0 Å². The van der Waals surface area contributed by atoms with Crippen molar-refractivity contribution in [3.05, 3.63) is 64.7 Å². The average Bonchev–Trinajstić information content (AvgIpc) is 2.62. The molecule has 26 heavy (non-hydrogen) atoms. The molecule has 0 saturated heterocycles. The lowest BCUT2D eigenvalue weighted by Crippen LogP contribution is -2.34. The smallest absolute Gasteiger partial charge is 0.223 e. The van der Waals surface area contributed by atoms with Crippen LogP contribution in [-0.2, 0) is 22.4 Å². The van der Waals surface area contributed by atoms with Gasteiger partial charge in [-0.05, 0) is 48.2 Å². The summed E-state index contributed by atoms with van der Waals surface area (Å²) in [6.45, 7) is 4.52. The molecule has 0 atom stereocenters. The van der Waals surface area contributed by atoms with E-state index in [1.165, 1.54) is 12.5 Å². The Kier molecular flexibility index (Phi) is 7.67. The van der Waals surface area contributed by atoms with E-state index >= 15 is 0 Å². The van der Waals surface area contributed by atoms with E-state index in [1.54, 1.807) is 4.90 Å². The zero-order valence-corrected chi connectivity index (χ0v) is 16.1. The molecule has 0 saturated carbocycles. The first-order valence-corrected chi connectivity index (χ1v) is 9.25. The second-order valence-electron chi connectivity index (χ2n) is 6.17. The molecular formula is C21H25ClN2O2. The number of anilines is 1. The molecule has 2 rings (SSSR count). The first-order chi connectivity index (χ1) is 12.5. The van der Waals surface area contributed by atoms with E-state index < -0.39 is 0 Å². The predicted molar refractivity (Wildman–Crippen MR) is 107 cm³/mol. The van der Waals surface area contributed by atoms with Crippen LogP contribution in [0.2, 0.25) is 5.02 Å². The summed E-state index contributed by atoms with van der Waals surface area (Å²) >= 11 is 5.95. The Bertz CT molecular complexity index is 744. The molecule has 1 N–H and O–H groups in total. The second-order valence-corrected chi connectivity index (χ2v) is 6.61. The van der Waals surface area contributed by atoms with Gasteiger partial charge in [-0.3, -0.25) is 9.59 Å². The SMILES string of the molecule is CCc1ccc(N(CCC(=O)NCCc2cccc(Cl)c2)C(C)=O)cc1. The molecule has 0 unspecified atom stereocenters. The third-order valence-corrected chi connectivity index (χ3v) is 4.46. The number of carbonyl (C=O) groups is 2. The summed E-state index contributed by atoms with van der Waals surface area (Å²) in [5, 5.41) is 3.59. The molecule has 0 aliphatic carbocycles. The first-order valence-electron chi connectivity index (χ1n) is 8.87. The van der Waals surface area contributed by atoms with Crippen LogP contribution in [0.3, 0.4) is 0 Å². The van der Waals surface area contributed by atoms with Crippen molar-refractivity contribution < 1.29 is 9.59 Å². The maximum absolute atomic E-state index is 12.1. The maximum Gasteiger partial charge on any atom is 0.223 e. The van der Waals surface area contributed by atoms with Gasteiger partial charge < -0.3 is 10.2 Å². The Morgan fingerprint density at radius 2 is 1.81 bits per heavy atom. The molecular weight excluding hydrogens is 348 g/mol. The van der Waals surface area contributed by atoms with E-state index in [0.29, 0.717) is 18.1 Å². The molecule has 138 valence electrons. The van der Waals surface area contributed by atoms with Crippen molar-refractivity contribution >= 4 is 29.1 Å². The molecule has 0 fully saturated rings. The molecule has 0 aromatic heterocycles. The van der Waals surface area contributed by atoms with Gasteiger partial charge in [0.1, 0.15) is 0 Å². The zero-order chi connectivity index (χ0) is 18.9. The summed E-state index contributed by atoms with van der Waals surface area (Å²) in [7, 11) is 0. The van der Waals surface area contributed by atoms with Gasteiger partial charge in [0.05, 0.1) is 0 Å². The summed E-state index contributed by atoms with van der Waals surface area (Å²) < 4.78 is 0. The van der Waals surface area contributed by atoms with Crippen LogP contribution in [0.4, 0.5) is 5.69 Å². The Balaban J connectivity index is 1.82. The van der Waals surface area contributed by atoms with Gasteiger partial charge >= 0.3 is 0 Å². The number of halogens is 1. The van der Waals surface area contributed by atoms with Crippen LogP contribution in [0.1, 0.15) is 31.4 Å². The van der Waals surface area contributed by atoms with Gasteiger partial charge in [0.25, 0.3) is 0 Å². The van der Waals surface area contributed by atoms with Gasteiger partial charge in [0.15, 0.2) is 0 Å². The van der Waals surface area contributed by atoms with Gasteiger partial charge in [-0.1, -0.05) is 42.8 Å². The molecule has 0 spiro atoms. The fourth-order valence-corrected chi connectivity index (χ4v) is 2.93. The van der Waals surface area contributed by atoms with Gasteiger partial charge in [0.2, 0.25) is 11.8 Å². The largest absolute Gasteiger partial charge is 0.356 e. The number of aryl methyl sites for hydroxylation is 1.